The summed E-state index contributed by atoms with van der Waals surface area (Å²) in [6.45, 7) is 5.27. The van der Waals surface area contributed by atoms with Crippen molar-refractivity contribution in [2.75, 3.05) is 0 Å². The smallest absolute Gasteiger partial charge is 0.165 e. The van der Waals surface area contributed by atoms with Gasteiger partial charge in [-0.05, 0) is 36.1 Å². The molecule has 1 atom stereocenters. The number of tetrazole rings is 1. The second kappa shape index (κ2) is 6.83. The third-order valence-electron chi connectivity index (χ3n) is 3.55. The molecule has 1 aromatic rings. The maximum atomic E-state index is 4.20. The zero-order valence-corrected chi connectivity index (χ0v) is 11.6. The van der Waals surface area contributed by atoms with Gasteiger partial charge in [-0.1, -0.05) is 33.1 Å². The van der Waals surface area contributed by atoms with E-state index in [9.17, 15) is 0 Å². The maximum absolute atomic E-state index is 4.20. The fourth-order valence-corrected chi connectivity index (χ4v) is 2.30. The van der Waals surface area contributed by atoms with Crippen molar-refractivity contribution in [3.05, 3.63) is 5.82 Å². The van der Waals surface area contributed by atoms with Crippen molar-refractivity contribution in [2.24, 2.45) is 0 Å². The molecule has 0 aliphatic heterocycles. The Kier molecular flexibility index (Phi) is 5.11. The Morgan fingerprint density at radius 3 is 2.78 bits per heavy atom. The standard InChI is InChI=1S/C13H25N5/c1-3-5-7-12(6-4-2)18-13(15-16-17-18)10-14-11-8-9-11/h11-12,14H,3-10H2,1-2H3. The third-order valence-corrected chi connectivity index (χ3v) is 3.55. The van der Waals surface area contributed by atoms with Crippen LogP contribution in [0.15, 0.2) is 0 Å². The molecule has 1 aliphatic rings. The minimum Gasteiger partial charge on any atom is -0.307 e. The topological polar surface area (TPSA) is 55.6 Å². The molecule has 1 fully saturated rings. The van der Waals surface area contributed by atoms with E-state index in [1.54, 1.807) is 0 Å². The Labute approximate surface area is 109 Å². The molecule has 1 unspecified atom stereocenters. The van der Waals surface area contributed by atoms with Crippen LogP contribution in [0.2, 0.25) is 0 Å². The lowest BCUT2D eigenvalue weighted by atomic mass is 10.1. The van der Waals surface area contributed by atoms with Crippen molar-refractivity contribution in [2.45, 2.75) is 77.4 Å². The van der Waals surface area contributed by atoms with Crippen LogP contribution in [0.3, 0.4) is 0 Å². The summed E-state index contributed by atoms with van der Waals surface area (Å²) in [6.07, 6.45) is 8.63. The van der Waals surface area contributed by atoms with E-state index in [0.29, 0.717) is 12.1 Å². The SMILES string of the molecule is CCCCC(CCC)n1nnnc1CNC1CC1. The van der Waals surface area contributed by atoms with Crippen molar-refractivity contribution in [3.8, 4) is 0 Å². The van der Waals surface area contributed by atoms with E-state index >= 15 is 0 Å². The second-order valence-corrected chi connectivity index (χ2v) is 5.28. The second-order valence-electron chi connectivity index (χ2n) is 5.28. The molecule has 0 amide bonds. The van der Waals surface area contributed by atoms with Crippen molar-refractivity contribution in [1.29, 1.82) is 0 Å². The van der Waals surface area contributed by atoms with Crippen molar-refractivity contribution in [3.63, 3.8) is 0 Å². The lowest BCUT2D eigenvalue weighted by Gasteiger charge is -2.17. The molecule has 1 saturated carbocycles. The van der Waals surface area contributed by atoms with Gasteiger partial charge in [0.25, 0.3) is 0 Å². The van der Waals surface area contributed by atoms with E-state index in [2.05, 4.69) is 39.4 Å². The monoisotopic (exact) mass is 251 g/mol. The van der Waals surface area contributed by atoms with Gasteiger partial charge in [0.15, 0.2) is 5.82 Å². The number of rotatable bonds is 9. The van der Waals surface area contributed by atoms with Crippen LogP contribution < -0.4 is 5.32 Å². The molecular formula is C13H25N5. The summed E-state index contributed by atoms with van der Waals surface area (Å²) < 4.78 is 2.05. The lowest BCUT2D eigenvalue weighted by molar-refractivity contribution is 0.362. The van der Waals surface area contributed by atoms with Gasteiger partial charge in [-0.15, -0.1) is 5.10 Å². The molecule has 1 heterocycles. The van der Waals surface area contributed by atoms with Gasteiger partial charge < -0.3 is 5.32 Å². The average molecular weight is 251 g/mol. The van der Waals surface area contributed by atoms with E-state index < -0.39 is 0 Å². The van der Waals surface area contributed by atoms with Crippen LogP contribution in [0.1, 0.15) is 70.7 Å². The molecule has 1 aliphatic carbocycles. The van der Waals surface area contributed by atoms with E-state index in [1.807, 2.05) is 0 Å². The molecule has 0 radical (unpaired) electrons. The Bertz CT molecular complexity index is 345. The van der Waals surface area contributed by atoms with Gasteiger partial charge >= 0.3 is 0 Å². The molecule has 0 saturated heterocycles. The number of nitrogens with one attached hydrogen (secondary N) is 1. The first-order valence-corrected chi connectivity index (χ1v) is 7.35. The fraction of sp³-hybridized carbons (Fsp3) is 0.923. The first kappa shape index (κ1) is 13.5. The predicted molar refractivity (Wildman–Crippen MR) is 71.1 cm³/mol. The Hall–Kier alpha value is -0.970. The number of hydrogen-bond donors (Lipinski definition) is 1. The van der Waals surface area contributed by atoms with Crippen molar-refractivity contribution >= 4 is 0 Å². The molecule has 0 bridgehead atoms. The predicted octanol–water partition coefficient (Wildman–Crippen LogP) is 2.46. The zero-order valence-electron chi connectivity index (χ0n) is 11.6. The lowest BCUT2D eigenvalue weighted by Crippen LogP contribution is -2.22. The van der Waals surface area contributed by atoms with Crippen LogP contribution in [0.4, 0.5) is 0 Å². The number of hydrogen-bond acceptors (Lipinski definition) is 4. The summed E-state index contributed by atoms with van der Waals surface area (Å²) in [4.78, 5) is 0. The summed E-state index contributed by atoms with van der Waals surface area (Å²) >= 11 is 0. The van der Waals surface area contributed by atoms with E-state index in [0.717, 1.165) is 12.4 Å². The van der Waals surface area contributed by atoms with Crippen LogP contribution in [0.5, 0.6) is 0 Å². The maximum Gasteiger partial charge on any atom is 0.165 e. The van der Waals surface area contributed by atoms with Gasteiger partial charge in [0.05, 0.1) is 12.6 Å². The highest BCUT2D eigenvalue weighted by atomic mass is 15.6. The van der Waals surface area contributed by atoms with E-state index in [4.69, 9.17) is 0 Å². The largest absolute Gasteiger partial charge is 0.307 e. The van der Waals surface area contributed by atoms with Gasteiger partial charge in [0.2, 0.25) is 0 Å². The summed E-state index contributed by atoms with van der Waals surface area (Å²) in [5, 5.41) is 15.7. The molecule has 102 valence electrons. The molecule has 1 N–H and O–H groups in total. The van der Waals surface area contributed by atoms with E-state index in [1.165, 1.54) is 44.9 Å². The molecule has 0 spiro atoms. The first-order valence-electron chi connectivity index (χ1n) is 7.35. The molecule has 1 aromatic heterocycles. The molecule has 5 nitrogen and oxygen atoms in total. The van der Waals surface area contributed by atoms with Gasteiger partial charge in [-0.3, -0.25) is 0 Å². The summed E-state index contributed by atoms with van der Waals surface area (Å²) in [5.41, 5.74) is 0. The highest BCUT2D eigenvalue weighted by Crippen LogP contribution is 2.22. The number of aromatic nitrogens is 4. The highest BCUT2D eigenvalue weighted by Gasteiger charge is 2.22. The quantitative estimate of drug-likeness (QED) is 0.732. The van der Waals surface area contributed by atoms with Crippen LogP contribution in [0.25, 0.3) is 0 Å². The third kappa shape index (κ3) is 3.77. The van der Waals surface area contributed by atoms with Crippen molar-refractivity contribution < 1.29 is 0 Å². The Morgan fingerprint density at radius 1 is 1.28 bits per heavy atom. The molecule has 0 aromatic carbocycles. The number of nitrogens with zero attached hydrogens (tertiary/aromatic N) is 4. The van der Waals surface area contributed by atoms with E-state index in [-0.39, 0.29) is 0 Å². The van der Waals surface area contributed by atoms with Crippen molar-refractivity contribution in [1.82, 2.24) is 25.5 Å². The zero-order chi connectivity index (χ0) is 12.8. The molecule has 5 heteroatoms. The normalized spacial score (nSPS) is 17.0. The van der Waals surface area contributed by atoms with Gasteiger partial charge in [-0.25, -0.2) is 4.68 Å². The summed E-state index contributed by atoms with van der Waals surface area (Å²) in [7, 11) is 0. The summed E-state index contributed by atoms with van der Waals surface area (Å²) in [5.74, 6) is 0.997. The van der Waals surface area contributed by atoms with Crippen LogP contribution in [-0.4, -0.2) is 26.2 Å². The minimum absolute atomic E-state index is 0.473. The fourth-order valence-electron chi connectivity index (χ4n) is 2.30. The molecule has 18 heavy (non-hydrogen) atoms. The van der Waals surface area contributed by atoms with Crippen LogP contribution >= 0.6 is 0 Å². The number of unbranched alkanes of at least 4 members (excludes halogenated alkanes) is 1. The molecular weight excluding hydrogens is 226 g/mol. The Balaban J connectivity index is 1.95. The van der Waals surface area contributed by atoms with Gasteiger partial charge in [0.1, 0.15) is 0 Å². The van der Waals surface area contributed by atoms with Crippen LogP contribution in [-0.2, 0) is 6.54 Å². The summed E-state index contributed by atoms with van der Waals surface area (Å²) in [6, 6.07) is 1.18. The van der Waals surface area contributed by atoms with Crippen LogP contribution in [0, 0.1) is 0 Å². The highest BCUT2D eigenvalue weighted by molar-refractivity contribution is 4.88. The Morgan fingerprint density at radius 2 is 2.11 bits per heavy atom. The van der Waals surface area contributed by atoms with Gasteiger partial charge in [0, 0.05) is 6.04 Å². The average Bonchev–Trinajstić information content (AvgIpc) is 3.10. The minimum atomic E-state index is 0.473. The van der Waals surface area contributed by atoms with Gasteiger partial charge in [-0.2, -0.15) is 0 Å². The first-order chi connectivity index (χ1) is 8.85. The molecule has 2 rings (SSSR count).